The zero-order valence-electron chi connectivity index (χ0n) is 18.9. The predicted octanol–water partition coefficient (Wildman–Crippen LogP) is 5.14. The molecule has 0 spiro atoms. The first-order valence-electron chi connectivity index (χ1n) is 11.8. The molecule has 0 bridgehead atoms. The number of hydrogen-bond donors (Lipinski definition) is 1. The van der Waals surface area contributed by atoms with Crippen molar-refractivity contribution in [1.29, 1.82) is 0 Å². The van der Waals surface area contributed by atoms with Gasteiger partial charge < -0.3 is 19.4 Å². The lowest BCUT2D eigenvalue weighted by Crippen LogP contribution is -2.14. The van der Waals surface area contributed by atoms with Gasteiger partial charge in [-0.15, -0.1) is 0 Å². The van der Waals surface area contributed by atoms with E-state index in [0.717, 1.165) is 62.5 Å². The standard InChI is InChI=1S/C26H33N3O3/c1-2-31-25(30)8-4-3-5-16-29-17-13-21-19-23(11-12-24(21)29)32-18-14-22-10-9-20-7-6-15-27-26(20)28-22/h9-13,17,19H,2-8,14-16,18H2,1H3,(H,27,28). The van der Waals surface area contributed by atoms with Crippen LogP contribution in [0.3, 0.4) is 0 Å². The minimum absolute atomic E-state index is 0.0921. The molecule has 170 valence electrons. The van der Waals surface area contributed by atoms with Gasteiger partial charge in [0.05, 0.1) is 13.2 Å². The van der Waals surface area contributed by atoms with Crippen LogP contribution in [0, 0.1) is 0 Å². The Kier molecular flexibility index (Phi) is 7.64. The summed E-state index contributed by atoms with van der Waals surface area (Å²) in [6.07, 6.45) is 8.67. The van der Waals surface area contributed by atoms with Crippen molar-refractivity contribution in [2.75, 3.05) is 25.1 Å². The van der Waals surface area contributed by atoms with Crippen molar-refractivity contribution >= 4 is 22.7 Å². The summed E-state index contributed by atoms with van der Waals surface area (Å²) in [6.45, 7) is 4.87. The predicted molar refractivity (Wildman–Crippen MR) is 127 cm³/mol. The molecule has 6 nitrogen and oxygen atoms in total. The number of rotatable bonds is 11. The van der Waals surface area contributed by atoms with Crippen LogP contribution in [0.1, 0.15) is 50.3 Å². The summed E-state index contributed by atoms with van der Waals surface area (Å²) in [5, 5.41) is 4.58. The normalized spacial score (nSPS) is 12.9. The number of pyridine rings is 1. The molecular weight excluding hydrogens is 402 g/mol. The quantitative estimate of drug-likeness (QED) is 0.334. The average Bonchev–Trinajstić information content (AvgIpc) is 3.21. The van der Waals surface area contributed by atoms with Crippen LogP contribution in [0.5, 0.6) is 5.75 Å². The van der Waals surface area contributed by atoms with Crippen molar-refractivity contribution in [2.45, 2.75) is 58.4 Å². The highest BCUT2D eigenvalue weighted by Gasteiger charge is 2.10. The van der Waals surface area contributed by atoms with Crippen LogP contribution in [0.2, 0.25) is 0 Å². The van der Waals surface area contributed by atoms with Gasteiger partial charge in [-0.25, -0.2) is 4.98 Å². The molecule has 0 fully saturated rings. The van der Waals surface area contributed by atoms with E-state index in [-0.39, 0.29) is 5.97 Å². The van der Waals surface area contributed by atoms with E-state index in [2.05, 4.69) is 46.4 Å². The van der Waals surface area contributed by atoms with Gasteiger partial charge in [-0.05, 0) is 68.5 Å². The Hall–Kier alpha value is -3.02. The van der Waals surface area contributed by atoms with E-state index in [1.807, 2.05) is 13.0 Å². The molecule has 1 aliphatic rings. The molecular formula is C26H33N3O3. The maximum atomic E-state index is 11.4. The molecule has 3 heterocycles. The first-order chi connectivity index (χ1) is 15.7. The number of aryl methyl sites for hydroxylation is 2. The first kappa shape index (κ1) is 22.2. The molecule has 0 atom stereocenters. The van der Waals surface area contributed by atoms with Gasteiger partial charge in [-0.2, -0.15) is 0 Å². The third kappa shape index (κ3) is 5.81. The molecule has 3 aromatic rings. The van der Waals surface area contributed by atoms with Crippen LogP contribution < -0.4 is 10.1 Å². The van der Waals surface area contributed by atoms with Crippen LogP contribution in [-0.4, -0.2) is 35.3 Å². The number of benzene rings is 1. The number of hydrogen-bond acceptors (Lipinski definition) is 5. The maximum Gasteiger partial charge on any atom is 0.305 e. The van der Waals surface area contributed by atoms with E-state index >= 15 is 0 Å². The molecule has 1 N–H and O–H groups in total. The lowest BCUT2D eigenvalue weighted by atomic mass is 10.1. The molecule has 6 heteroatoms. The van der Waals surface area contributed by atoms with Gasteiger partial charge in [0.1, 0.15) is 11.6 Å². The van der Waals surface area contributed by atoms with Gasteiger partial charge in [0.25, 0.3) is 0 Å². The molecule has 32 heavy (non-hydrogen) atoms. The Labute approximate surface area is 189 Å². The molecule has 2 aromatic heterocycles. The Morgan fingerprint density at radius 2 is 2.09 bits per heavy atom. The zero-order valence-corrected chi connectivity index (χ0v) is 18.9. The van der Waals surface area contributed by atoms with Crippen LogP contribution in [0.4, 0.5) is 5.82 Å². The molecule has 1 aromatic carbocycles. The minimum atomic E-state index is -0.0921. The first-order valence-corrected chi connectivity index (χ1v) is 11.8. The van der Waals surface area contributed by atoms with Crippen LogP contribution >= 0.6 is 0 Å². The number of unbranched alkanes of at least 4 members (excludes halogenated alkanes) is 2. The highest BCUT2D eigenvalue weighted by molar-refractivity contribution is 5.81. The summed E-state index contributed by atoms with van der Waals surface area (Å²) < 4.78 is 13.3. The number of nitrogens with one attached hydrogen (secondary N) is 1. The van der Waals surface area contributed by atoms with E-state index in [9.17, 15) is 4.79 Å². The SMILES string of the molecule is CCOC(=O)CCCCCn1ccc2cc(OCCc3ccc4c(n3)NCCC4)ccc21. The van der Waals surface area contributed by atoms with Gasteiger partial charge in [0.15, 0.2) is 0 Å². The summed E-state index contributed by atoms with van der Waals surface area (Å²) in [5.41, 5.74) is 3.59. The van der Waals surface area contributed by atoms with Gasteiger partial charge in [-0.3, -0.25) is 4.79 Å². The van der Waals surface area contributed by atoms with Crippen molar-refractivity contribution in [3.63, 3.8) is 0 Å². The topological polar surface area (TPSA) is 65.4 Å². The number of aromatic nitrogens is 2. The van der Waals surface area contributed by atoms with E-state index < -0.39 is 0 Å². The minimum Gasteiger partial charge on any atom is -0.493 e. The van der Waals surface area contributed by atoms with Crippen LogP contribution in [-0.2, 0) is 28.9 Å². The third-order valence-electron chi connectivity index (χ3n) is 5.91. The number of nitrogens with zero attached hydrogens (tertiary/aromatic N) is 2. The van der Waals surface area contributed by atoms with Crippen LogP contribution in [0.25, 0.3) is 10.9 Å². The Bertz CT molecular complexity index is 1040. The lowest BCUT2D eigenvalue weighted by molar-refractivity contribution is -0.143. The molecule has 0 saturated carbocycles. The van der Waals surface area contributed by atoms with E-state index in [1.165, 1.54) is 22.9 Å². The maximum absolute atomic E-state index is 11.4. The summed E-state index contributed by atoms with van der Waals surface area (Å²) in [7, 11) is 0. The summed E-state index contributed by atoms with van der Waals surface area (Å²) >= 11 is 0. The van der Waals surface area contributed by atoms with Crippen molar-refractivity contribution in [2.24, 2.45) is 0 Å². The molecule has 0 aliphatic carbocycles. The Balaban J connectivity index is 1.24. The zero-order chi connectivity index (χ0) is 22.2. The second-order valence-electron chi connectivity index (χ2n) is 8.28. The van der Waals surface area contributed by atoms with Crippen molar-refractivity contribution in [3.05, 3.63) is 53.9 Å². The summed E-state index contributed by atoms with van der Waals surface area (Å²) in [5.74, 6) is 1.84. The fourth-order valence-corrected chi connectivity index (χ4v) is 4.21. The van der Waals surface area contributed by atoms with Gasteiger partial charge in [0, 0.05) is 48.7 Å². The van der Waals surface area contributed by atoms with Crippen LogP contribution in [0.15, 0.2) is 42.6 Å². The second kappa shape index (κ2) is 11.0. The highest BCUT2D eigenvalue weighted by Crippen LogP contribution is 2.23. The van der Waals surface area contributed by atoms with Crippen molar-refractivity contribution in [1.82, 2.24) is 9.55 Å². The lowest BCUT2D eigenvalue weighted by Gasteiger charge is -2.17. The van der Waals surface area contributed by atoms with E-state index in [4.69, 9.17) is 14.5 Å². The molecule has 0 saturated heterocycles. The van der Waals surface area contributed by atoms with Gasteiger partial charge in [-0.1, -0.05) is 12.5 Å². The second-order valence-corrected chi connectivity index (χ2v) is 8.28. The molecule has 0 radical (unpaired) electrons. The summed E-state index contributed by atoms with van der Waals surface area (Å²) in [4.78, 5) is 16.1. The number of ether oxygens (including phenoxy) is 2. The van der Waals surface area contributed by atoms with E-state index in [0.29, 0.717) is 19.6 Å². The van der Waals surface area contributed by atoms with Gasteiger partial charge in [0.2, 0.25) is 0 Å². The number of carbonyl (C=O) groups excluding carboxylic acids is 1. The number of esters is 1. The Morgan fingerprint density at radius 1 is 1.16 bits per heavy atom. The smallest absolute Gasteiger partial charge is 0.305 e. The fraction of sp³-hybridized carbons (Fsp3) is 0.462. The summed E-state index contributed by atoms with van der Waals surface area (Å²) in [6, 6.07) is 12.7. The number of fused-ring (bicyclic) bond motifs is 2. The molecule has 1 aliphatic heterocycles. The third-order valence-corrected chi connectivity index (χ3v) is 5.91. The average molecular weight is 436 g/mol. The number of carbonyl (C=O) groups is 1. The highest BCUT2D eigenvalue weighted by atomic mass is 16.5. The number of anilines is 1. The molecule has 4 rings (SSSR count). The monoisotopic (exact) mass is 435 g/mol. The van der Waals surface area contributed by atoms with Gasteiger partial charge >= 0.3 is 5.97 Å². The van der Waals surface area contributed by atoms with Crippen molar-refractivity contribution in [3.8, 4) is 5.75 Å². The molecule has 0 amide bonds. The molecule has 0 unspecified atom stereocenters. The van der Waals surface area contributed by atoms with E-state index in [1.54, 1.807) is 0 Å². The van der Waals surface area contributed by atoms with Crippen molar-refractivity contribution < 1.29 is 14.3 Å². The Morgan fingerprint density at radius 3 is 3.00 bits per heavy atom. The fourth-order valence-electron chi connectivity index (χ4n) is 4.21. The largest absolute Gasteiger partial charge is 0.493 e.